The van der Waals surface area contributed by atoms with Crippen LogP contribution in [-0.4, -0.2) is 14.1 Å². The number of benzene rings is 5. The summed E-state index contributed by atoms with van der Waals surface area (Å²) >= 11 is 0. The molecule has 3 aromatic heterocycles. The van der Waals surface area contributed by atoms with Crippen molar-refractivity contribution in [1.82, 2.24) is 14.1 Å². The molecule has 0 spiro atoms. The number of para-hydroxylation sites is 1. The van der Waals surface area contributed by atoms with Gasteiger partial charge in [-0.2, -0.15) is 0 Å². The van der Waals surface area contributed by atoms with Gasteiger partial charge in [0.05, 0.1) is 22.4 Å². The minimum atomic E-state index is -0.108. The Kier molecular flexibility index (Phi) is 8.80. The minimum Gasteiger partial charge on any atom is -0.458 e. The van der Waals surface area contributed by atoms with E-state index in [0.29, 0.717) is 0 Å². The monoisotopic (exact) mass is 722 g/mol. The zero-order chi connectivity index (χ0) is 38.7. The Morgan fingerprint density at radius 2 is 1.25 bits per heavy atom. The lowest BCUT2D eigenvalue weighted by Gasteiger charge is -2.22. The number of hydrogen-bond donors (Lipinski definition) is 0. The molecule has 0 atom stereocenters. The van der Waals surface area contributed by atoms with Gasteiger partial charge in [-0.1, -0.05) is 117 Å². The third kappa shape index (κ3) is 7.19. The summed E-state index contributed by atoms with van der Waals surface area (Å²) < 4.78 is 13.2. The van der Waals surface area contributed by atoms with Crippen LogP contribution < -0.4 is 9.30 Å². The third-order valence-electron chi connectivity index (χ3n) is 10.5. The van der Waals surface area contributed by atoms with E-state index >= 15 is 0 Å². The van der Waals surface area contributed by atoms with Crippen molar-refractivity contribution >= 4 is 21.8 Å². The molecule has 0 radical (unpaired) electrons. The van der Waals surface area contributed by atoms with Gasteiger partial charge in [-0.15, -0.1) is 0 Å². The molecule has 0 N–H and O–H groups in total. The Bertz CT molecular complexity index is 2680. The summed E-state index contributed by atoms with van der Waals surface area (Å²) in [5.74, 6) is 2.43. The molecule has 0 unspecified atom stereocenters. The van der Waals surface area contributed by atoms with Crippen LogP contribution in [0.1, 0.15) is 79.0 Å². The first-order valence-electron chi connectivity index (χ1n) is 19.2. The first kappa shape index (κ1) is 36.1. The van der Waals surface area contributed by atoms with Crippen LogP contribution in [-0.2, 0) is 16.2 Å². The van der Waals surface area contributed by atoms with Gasteiger partial charge in [-0.05, 0) is 105 Å². The molecule has 0 aliphatic rings. The predicted molar refractivity (Wildman–Crippen MR) is 226 cm³/mol. The minimum absolute atomic E-state index is 0.00150. The van der Waals surface area contributed by atoms with Gasteiger partial charge < -0.3 is 4.74 Å². The summed E-state index contributed by atoms with van der Waals surface area (Å²) in [7, 11) is 0. The summed E-state index contributed by atoms with van der Waals surface area (Å²) in [5.41, 5.74) is 10.2. The van der Waals surface area contributed by atoms with Gasteiger partial charge in [0.25, 0.3) is 6.33 Å². The van der Waals surface area contributed by atoms with Gasteiger partial charge in [0.2, 0.25) is 0 Å². The van der Waals surface area contributed by atoms with E-state index in [4.69, 9.17) is 9.72 Å². The highest BCUT2D eigenvalue weighted by atomic mass is 16.5. The quantitative estimate of drug-likeness (QED) is 0.127. The Morgan fingerprint density at radius 1 is 0.564 bits per heavy atom. The molecule has 0 bridgehead atoms. The van der Waals surface area contributed by atoms with E-state index in [1.54, 1.807) is 0 Å². The predicted octanol–water partition coefficient (Wildman–Crippen LogP) is 12.4. The summed E-state index contributed by atoms with van der Waals surface area (Å²) in [6.07, 6.45) is 9.69. The first-order chi connectivity index (χ1) is 26.1. The van der Waals surface area contributed by atoms with Crippen molar-refractivity contribution in [3.05, 3.63) is 163 Å². The van der Waals surface area contributed by atoms with E-state index in [-0.39, 0.29) is 16.2 Å². The van der Waals surface area contributed by atoms with Crippen LogP contribution >= 0.6 is 0 Å². The topological polar surface area (TPSA) is 35.9 Å². The molecular weight excluding hydrogens is 673 g/mol. The van der Waals surface area contributed by atoms with Crippen LogP contribution in [0, 0.1) is 6.33 Å². The van der Waals surface area contributed by atoms with E-state index in [9.17, 15) is 0 Å². The fraction of sp³-hybridized carbons (Fsp3) is 0.240. The molecule has 5 nitrogen and oxygen atoms in total. The maximum atomic E-state index is 6.79. The van der Waals surface area contributed by atoms with Gasteiger partial charge in [0, 0.05) is 35.4 Å². The van der Waals surface area contributed by atoms with Crippen LogP contribution in [0.15, 0.2) is 140 Å². The number of nitrogens with zero attached hydrogens (tertiary/aromatic N) is 4. The SMILES string of the molecule is CC(C)(C)c1cc(Oc2ccc3c4ccccc4n(-c4cc(C(C)(C)C)ccn4)c3c2)cc(-n2[c-][n+](-c3cc(-c4ccccc4)cc(C(C)(C)C)c3)cc2)c1. The first-order valence-corrected chi connectivity index (χ1v) is 19.2. The number of rotatable bonds is 6. The van der Waals surface area contributed by atoms with Gasteiger partial charge in [-0.3, -0.25) is 13.7 Å². The van der Waals surface area contributed by atoms with E-state index in [2.05, 4.69) is 216 Å². The zero-order valence-corrected chi connectivity index (χ0v) is 33.5. The number of fused-ring (bicyclic) bond motifs is 3. The molecule has 8 aromatic rings. The molecule has 0 fully saturated rings. The van der Waals surface area contributed by atoms with Crippen molar-refractivity contribution in [2.75, 3.05) is 0 Å². The highest BCUT2D eigenvalue weighted by molar-refractivity contribution is 6.09. The largest absolute Gasteiger partial charge is 0.458 e. The Labute approximate surface area is 325 Å². The second-order valence-electron chi connectivity index (χ2n) is 17.8. The normalized spacial score (nSPS) is 12.5. The van der Waals surface area contributed by atoms with Crippen molar-refractivity contribution in [3.63, 3.8) is 0 Å². The van der Waals surface area contributed by atoms with Crippen molar-refractivity contribution in [1.29, 1.82) is 0 Å². The van der Waals surface area contributed by atoms with Crippen LogP contribution in [0.4, 0.5) is 0 Å². The van der Waals surface area contributed by atoms with Gasteiger partial charge in [0.1, 0.15) is 17.3 Å². The number of hydrogen-bond acceptors (Lipinski definition) is 2. The standard InChI is InChI=1S/C50H50N4O/c1-48(2,3)36-21-22-51-47(30-36)54-45-18-14-13-17-43(45)44-20-19-41(32-46(44)54)55-42-29-38(50(7,8)9)28-40(31-42)53-24-23-52(33-53)39-26-35(34-15-11-10-12-16-34)25-37(27-39)49(4,5)6/h10-32H,1-9H3. The molecule has 8 rings (SSSR count). The second-order valence-corrected chi connectivity index (χ2v) is 17.8. The molecule has 5 heteroatoms. The molecular formula is C50H50N4O. The average Bonchev–Trinajstić information content (AvgIpc) is 3.78. The van der Waals surface area contributed by atoms with Crippen LogP contribution in [0.3, 0.4) is 0 Å². The Hall–Kier alpha value is -5.94. The number of pyridine rings is 1. The molecule has 0 amide bonds. The van der Waals surface area contributed by atoms with Gasteiger partial charge in [0.15, 0.2) is 0 Å². The van der Waals surface area contributed by atoms with E-state index in [0.717, 1.165) is 45.1 Å². The lowest BCUT2D eigenvalue weighted by atomic mass is 9.85. The van der Waals surface area contributed by atoms with E-state index in [1.165, 1.54) is 33.2 Å². The highest BCUT2D eigenvalue weighted by Gasteiger charge is 2.21. The fourth-order valence-corrected chi connectivity index (χ4v) is 7.20. The maximum Gasteiger partial charge on any atom is 0.268 e. The molecule has 3 heterocycles. The smallest absolute Gasteiger partial charge is 0.268 e. The second kappa shape index (κ2) is 13.4. The molecule has 0 saturated heterocycles. The number of aromatic nitrogens is 4. The number of imidazole rings is 1. The summed E-state index contributed by atoms with van der Waals surface area (Å²) in [6, 6.07) is 43.2. The van der Waals surface area contributed by atoms with Crippen molar-refractivity contribution in [3.8, 4) is 39.8 Å². The summed E-state index contributed by atoms with van der Waals surface area (Å²) in [6.45, 7) is 20.2. The number of ether oxygens (including phenoxy) is 1. The zero-order valence-electron chi connectivity index (χ0n) is 33.5. The molecule has 0 aliphatic heterocycles. The van der Waals surface area contributed by atoms with Crippen LogP contribution in [0.5, 0.6) is 11.5 Å². The summed E-state index contributed by atoms with van der Waals surface area (Å²) in [5, 5.41) is 2.34. The van der Waals surface area contributed by atoms with Crippen LogP contribution in [0.2, 0.25) is 0 Å². The van der Waals surface area contributed by atoms with Crippen LogP contribution in [0.25, 0.3) is 50.1 Å². The van der Waals surface area contributed by atoms with E-state index in [1.807, 2.05) is 6.20 Å². The van der Waals surface area contributed by atoms with Gasteiger partial charge >= 0.3 is 0 Å². The summed E-state index contributed by atoms with van der Waals surface area (Å²) in [4.78, 5) is 4.87. The van der Waals surface area contributed by atoms with E-state index < -0.39 is 0 Å². The average molecular weight is 723 g/mol. The molecule has 276 valence electrons. The van der Waals surface area contributed by atoms with Crippen molar-refractivity contribution in [2.45, 2.75) is 78.6 Å². The molecule has 55 heavy (non-hydrogen) atoms. The van der Waals surface area contributed by atoms with Crippen molar-refractivity contribution < 1.29 is 9.30 Å². The molecule has 0 aliphatic carbocycles. The maximum absolute atomic E-state index is 6.79. The van der Waals surface area contributed by atoms with Gasteiger partial charge in [-0.25, -0.2) is 4.98 Å². The molecule has 5 aromatic carbocycles. The Morgan fingerprint density at radius 3 is 2.00 bits per heavy atom. The molecule has 0 saturated carbocycles. The highest BCUT2D eigenvalue weighted by Crippen LogP contribution is 2.37. The van der Waals surface area contributed by atoms with Crippen molar-refractivity contribution in [2.24, 2.45) is 0 Å². The third-order valence-corrected chi connectivity index (χ3v) is 10.5. The fourth-order valence-electron chi connectivity index (χ4n) is 7.20. The lowest BCUT2D eigenvalue weighted by molar-refractivity contribution is -0.599. The lowest BCUT2D eigenvalue weighted by Crippen LogP contribution is -2.29. The Balaban J connectivity index is 1.20.